The highest BCUT2D eigenvalue weighted by molar-refractivity contribution is 5.94. The van der Waals surface area contributed by atoms with Crippen molar-refractivity contribution < 1.29 is 14.3 Å². The van der Waals surface area contributed by atoms with Crippen LogP contribution < -0.4 is 0 Å². The minimum Gasteiger partial charge on any atom is -0.469 e. The van der Waals surface area contributed by atoms with Gasteiger partial charge in [0.25, 0.3) is 0 Å². The predicted octanol–water partition coefficient (Wildman–Crippen LogP) is 5.25. The molecule has 6 atom stereocenters. The summed E-state index contributed by atoms with van der Waals surface area (Å²) in [5, 5.41) is 0. The minimum atomic E-state index is -0.0705. The van der Waals surface area contributed by atoms with Crippen molar-refractivity contribution in [1.82, 2.24) is 0 Å². The van der Waals surface area contributed by atoms with E-state index in [1.54, 1.807) is 0 Å². The van der Waals surface area contributed by atoms with E-state index in [2.05, 4.69) is 20.4 Å². The molecule has 27 heavy (non-hydrogen) atoms. The number of hydrogen-bond donors (Lipinski definition) is 0. The van der Waals surface area contributed by atoms with Gasteiger partial charge in [-0.15, -0.1) is 0 Å². The van der Waals surface area contributed by atoms with Gasteiger partial charge in [0.1, 0.15) is 0 Å². The largest absolute Gasteiger partial charge is 0.469 e. The molecule has 3 saturated carbocycles. The van der Waals surface area contributed by atoms with Crippen LogP contribution in [0.2, 0.25) is 0 Å². The Labute approximate surface area is 163 Å². The Balaban J connectivity index is 1.57. The van der Waals surface area contributed by atoms with E-state index in [9.17, 15) is 9.59 Å². The third kappa shape index (κ3) is 2.76. The van der Waals surface area contributed by atoms with E-state index >= 15 is 0 Å². The maximum Gasteiger partial charge on any atom is 0.305 e. The Bertz CT molecular complexity index is 704. The molecule has 0 saturated heterocycles. The van der Waals surface area contributed by atoms with Crippen LogP contribution in [0.25, 0.3) is 0 Å². The second kappa shape index (κ2) is 6.60. The van der Waals surface area contributed by atoms with Gasteiger partial charge in [-0.25, -0.2) is 0 Å². The van der Waals surface area contributed by atoms with Gasteiger partial charge in [-0.1, -0.05) is 31.6 Å². The fraction of sp³-hybridized carbons (Fsp3) is 0.750. The van der Waals surface area contributed by atoms with Gasteiger partial charge in [0, 0.05) is 18.3 Å². The summed E-state index contributed by atoms with van der Waals surface area (Å²) in [4.78, 5) is 23.7. The normalized spacial score (nSPS) is 43.4. The van der Waals surface area contributed by atoms with Crippen molar-refractivity contribution in [3.63, 3.8) is 0 Å². The summed E-state index contributed by atoms with van der Waals surface area (Å²) < 4.78 is 4.88. The molecule has 0 aromatic rings. The lowest BCUT2D eigenvalue weighted by atomic mass is 9.46. The molecule has 3 heteroatoms. The number of rotatable bonds is 3. The van der Waals surface area contributed by atoms with Crippen LogP contribution in [-0.4, -0.2) is 18.9 Å². The molecule has 0 aromatic heterocycles. The molecule has 0 unspecified atom stereocenters. The minimum absolute atomic E-state index is 0.0300. The van der Waals surface area contributed by atoms with E-state index in [0.717, 1.165) is 30.3 Å². The zero-order valence-electron chi connectivity index (χ0n) is 17.2. The lowest BCUT2D eigenvalue weighted by molar-refractivity contribution is -0.141. The Morgan fingerprint density at radius 2 is 2.00 bits per heavy atom. The fourth-order valence-corrected chi connectivity index (χ4v) is 7.55. The third-order valence-electron chi connectivity index (χ3n) is 9.17. The number of allylic oxidation sites excluding steroid dienone is 2. The van der Waals surface area contributed by atoms with Crippen LogP contribution in [0, 0.1) is 34.5 Å². The van der Waals surface area contributed by atoms with Crippen LogP contribution in [0.1, 0.15) is 71.6 Å². The van der Waals surface area contributed by atoms with Crippen LogP contribution in [-0.2, 0) is 14.3 Å². The number of fused-ring (bicyclic) bond motifs is 5. The second-order valence-corrected chi connectivity index (χ2v) is 9.97. The van der Waals surface area contributed by atoms with Gasteiger partial charge in [-0.05, 0) is 80.1 Å². The first-order chi connectivity index (χ1) is 12.8. The summed E-state index contributed by atoms with van der Waals surface area (Å²) >= 11 is 0. The summed E-state index contributed by atoms with van der Waals surface area (Å²) in [6.45, 7) is 9.24. The first-order valence-corrected chi connectivity index (χ1v) is 10.8. The molecule has 0 amide bonds. The number of ether oxygens (including phenoxy) is 1. The van der Waals surface area contributed by atoms with Gasteiger partial charge in [0.2, 0.25) is 0 Å². The quantitative estimate of drug-likeness (QED) is 0.503. The average Bonchev–Trinajstić information content (AvgIpc) is 2.97. The highest BCUT2D eigenvalue weighted by atomic mass is 16.5. The van der Waals surface area contributed by atoms with Crippen molar-refractivity contribution in [3.05, 3.63) is 23.8 Å². The van der Waals surface area contributed by atoms with Gasteiger partial charge in [0.15, 0.2) is 5.78 Å². The molecule has 4 aliphatic carbocycles. The van der Waals surface area contributed by atoms with Crippen molar-refractivity contribution in [3.8, 4) is 0 Å². The van der Waals surface area contributed by atoms with Crippen LogP contribution in [0.3, 0.4) is 0 Å². The molecular weight excluding hydrogens is 336 g/mol. The SMILES string of the molecule is C=C1CC(=O)C=C2CC[C@@H]3[C@H](CC[C@]4(C)[C@H](CCC(=O)OC)CC[C@@H]34)[C@@]12C. The molecular formula is C24H34O3. The molecule has 3 fully saturated rings. The summed E-state index contributed by atoms with van der Waals surface area (Å²) in [7, 11) is 1.49. The van der Waals surface area contributed by atoms with E-state index in [1.165, 1.54) is 44.8 Å². The summed E-state index contributed by atoms with van der Waals surface area (Å²) in [5.74, 6) is 2.94. The average molecular weight is 371 g/mol. The molecule has 148 valence electrons. The monoisotopic (exact) mass is 370 g/mol. The standard InChI is InChI=1S/C24H34O3/c1-15-13-18(25)14-17-5-8-19-20-9-6-16(7-10-22(26)27-4)23(20,2)12-11-21(19)24(15,17)3/h14,16,19-21H,1,5-13H2,2-4H3/t16-,19-,20-,21-,23+,24-/m0/s1. The van der Waals surface area contributed by atoms with Gasteiger partial charge in [0.05, 0.1) is 7.11 Å². The summed E-state index contributed by atoms with van der Waals surface area (Å²) in [5.41, 5.74) is 2.90. The van der Waals surface area contributed by atoms with Crippen LogP contribution in [0.5, 0.6) is 0 Å². The van der Waals surface area contributed by atoms with Gasteiger partial charge in [-0.2, -0.15) is 0 Å². The molecule has 0 heterocycles. The van der Waals surface area contributed by atoms with Crippen molar-refractivity contribution in [2.75, 3.05) is 7.11 Å². The fourth-order valence-electron chi connectivity index (χ4n) is 7.55. The highest BCUT2D eigenvalue weighted by Crippen LogP contribution is 2.67. The molecule has 0 bridgehead atoms. The van der Waals surface area contributed by atoms with Crippen LogP contribution in [0.4, 0.5) is 0 Å². The van der Waals surface area contributed by atoms with Crippen molar-refractivity contribution in [2.24, 2.45) is 34.5 Å². The molecule has 0 aliphatic heterocycles. The van der Waals surface area contributed by atoms with E-state index < -0.39 is 0 Å². The zero-order valence-corrected chi connectivity index (χ0v) is 17.2. The number of ketones is 1. The first kappa shape index (κ1) is 19.0. The number of carbonyl (C=O) groups excluding carboxylic acids is 2. The van der Waals surface area contributed by atoms with E-state index in [4.69, 9.17) is 4.74 Å². The highest BCUT2D eigenvalue weighted by Gasteiger charge is 2.59. The number of methoxy groups -OCH3 is 1. The van der Waals surface area contributed by atoms with Gasteiger partial charge < -0.3 is 4.74 Å². The Morgan fingerprint density at radius 3 is 2.74 bits per heavy atom. The van der Waals surface area contributed by atoms with Crippen molar-refractivity contribution in [2.45, 2.75) is 71.6 Å². The first-order valence-electron chi connectivity index (χ1n) is 10.8. The molecule has 3 nitrogen and oxygen atoms in total. The summed E-state index contributed by atoms with van der Waals surface area (Å²) in [6, 6.07) is 0. The zero-order chi connectivity index (χ0) is 19.4. The van der Waals surface area contributed by atoms with Crippen molar-refractivity contribution >= 4 is 11.8 Å². The molecule has 4 rings (SSSR count). The molecule has 0 N–H and O–H groups in total. The molecule has 4 aliphatic rings. The van der Waals surface area contributed by atoms with E-state index in [1.807, 2.05) is 6.08 Å². The molecule has 0 aromatic carbocycles. The Kier molecular flexibility index (Phi) is 4.63. The lowest BCUT2D eigenvalue weighted by Gasteiger charge is -2.58. The van der Waals surface area contributed by atoms with E-state index in [-0.39, 0.29) is 17.2 Å². The van der Waals surface area contributed by atoms with Gasteiger partial charge in [-0.3, -0.25) is 9.59 Å². The number of hydrogen-bond acceptors (Lipinski definition) is 3. The number of esters is 1. The lowest BCUT2D eigenvalue weighted by Crippen LogP contribution is -2.51. The second-order valence-electron chi connectivity index (χ2n) is 9.97. The van der Waals surface area contributed by atoms with Crippen LogP contribution >= 0.6 is 0 Å². The van der Waals surface area contributed by atoms with Crippen LogP contribution in [0.15, 0.2) is 23.8 Å². The Morgan fingerprint density at radius 1 is 1.22 bits per heavy atom. The van der Waals surface area contributed by atoms with E-state index in [0.29, 0.717) is 30.1 Å². The van der Waals surface area contributed by atoms with Gasteiger partial charge >= 0.3 is 5.97 Å². The summed E-state index contributed by atoms with van der Waals surface area (Å²) in [6.07, 6.45) is 11.3. The maximum atomic E-state index is 12.1. The Hall–Kier alpha value is -1.38. The number of carbonyl (C=O) groups is 2. The molecule has 0 radical (unpaired) electrons. The molecule has 0 spiro atoms. The third-order valence-corrected chi connectivity index (χ3v) is 9.17. The maximum absolute atomic E-state index is 12.1. The topological polar surface area (TPSA) is 43.4 Å². The predicted molar refractivity (Wildman–Crippen MR) is 106 cm³/mol. The smallest absolute Gasteiger partial charge is 0.305 e. The van der Waals surface area contributed by atoms with Crippen molar-refractivity contribution in [1.29, 1.82) is 0 Å².